The molecule has 0 amide bonds. The molecule has 7 rings (SSSR count). The lowest BCUT2D eigenvalue weighted by atomic mass is 9.81. The topological polar surface area (TPSA) is 9.23 Å². The van der Waals surface area contributed by atoms with Crippen LogP contribution in [0.3, 0.4) is 0 Å². The van der Waals surface area contributed by atoms with Crippen molar-refractivity contribution >= 4 is 76.5 Å². The minimum absolute atomic E-state index is 0.0662. The first kappa shape index (κ1) is 22.8. The normalized spacial score (nSPS) is 12.5. The van der Waals surface area contributed by atoms with Crippen LogP contribution in [0, 0.1) is 3.57 Å². The molecule has 7 aromatic carbocycles. The largest absolute Gasteiger partial charge is 0.497 e. The van der Waals surface area contributed by atoms with Crippen molar-refractivity contribution in [2.45, 2.75) is 26.2 Å². The second-order valence-electron chi connectivity index (χ2n) is 11.1. The third kappa shape index (κ3) is 3.35. The summed E-state index contributed by atoms with van der Waals surface area (Å²) in [5.41, 5.74) is 3.95. The van der Waals surface area contributed by atoms with E-state index in [2.05, 4.69) is 134 Å². The van der Waals surface area contributed by atoms with Crippen LogP contribution in [0.15, 0.2) is 91.0 Å². The maximum absolute atomic E-state index is 5.48. The lowest BCUT2D eigenvalue weighted by molar-refractivity contribution is 0.415. The fraction of sp³-hybridized carbons (Fsp3) is 0.143. The number of benzene rings is 7. The molecule has 0 fully saturated rings. The summed E-state index contributed by atoms with van der Waals surface area (Å²) in [7, 11) is 1.72. The fourth-order valence-electron chi connectivity index (χ4n) is 5.99. The maximum atomic E-state index is 5.48. The summed E-state index contributed by atoms with van der Waals surface area (Å²) in [6.45, 7) is 6.91. The summed E-state index contributed by atoms with van der Waals surface area (Å²) < 4.78 is 6.78. The van der Waals surface area contributed by atoms with E-state index >= 15 is 0 Å². The highest BCUT2D eigenvalue weighted by Gasteiger charge is 2.23. The van der Waals surface area contributed by atoms with Gasteiger partial charge in [-0.2, -0.15) is 0 Å². The molecule has 180 valence electrons. The lowest BCUT2D eigenvalue weighted by Crippen LogP contribution is -2.11. The van der Waals surface area contributed by atoms with Crippen LogP contribution in [0.25, 0.3) is 65.0 Å². The number of hydrogen-bond acceptors (Lipinski definition) is 1. The Balaban J connectivity index is 1.75. The molecule has 0 aromatic heterocycles. The molecule has 1 nitrogen and oxygen atoms in total. The van der Waals surface area contributed by atoms with Crippen LogP contribution >= 0.6 is 22.6 Å². The second-order valence-corrected chi connectivity index (χ2v) is 12.2. The summed E-state index contributed by atoms with van der Waals surface area (Å²) in [6, 6.07) is 33.8. The van der Waals surface area contributed by atoms with Crippen molar-refractivity contribution < 1.29 is 4.74 Å². The number of hydrogen-bond donors (Lipinski definition) is 0. The number of rotatable bonds is 2. The van der Waals surface area contributed by atoms with E-state index < -0.39 is 0 Å². The lowest BCUT2D eigenvalue weighted by Gasteiger charge is -2.24. The molecule has 2 heteroatoms. The van der Waals surface area contributed by atoms with E-state index in [0.29, 0.717) is 0 Å². The van der Waals surface area contributed by atoms with Gasteiger partial charge >= 0.3 is 0 Å². The van der Waals surface area contributed by atoms with E-state index in [1.54, 1.807) is 7.11 Å². The SMILES string of the molecule is COc1ccc(-c2c(I)c3cc(C(C)(C)C)cc4ccc5c6c(ccc7ccccc76)cc2c5c43)cc1. The van der Waals surface area contributed by atoms with Gasteiger partial charge in [-0.05, 0) is 117 Å². The Morgan fingerprint density at radius 3 is 2.05 bits per heavy atom. The first-order valence-corrected chi connectivity index (χ1v) is 13.8. The van der Waals surface area contributed by atoms with Crippen LogP contribution in [-0.4, -0.2) is 7.11 Å². The monoisotopic (exact) mass is 590 g/mol. The summed E-state index contributed by atoms with van der Waals surface area (Å²) >= 11 is 2.59. The molecule has 0 radical (unpaired) electrons. The van der Waals surface area contributed by atoms with Gasteiger partial charge in [-0.1, -0.05) is 87.5 Å². The number of ether oxygens (including phenoxy) is 1. The summed E-state index contributed by atoms with van der Waals surface area (Å²) in [4.78, 5) is 0. The molecule has 0 N–H and O–H groups in total. The van der Waals surface area contributed by atoms with Gasteiger partial charge in [-0.3, -0.25) is 0 Å². The Morgan fingerprint density at radius 1 is 0.595 bits per heavy atom. The average Bonchev–Trinajstić information content (AvgIpc) is 2.91. The first-order valence-electron chi connectivity index (χ1n) is 12.8. The van der Waals surface area contributed by atoms with Gasteiger partial charge in [0.1, 0.15) is 5.75 Å². The Labute approximate surface area is 230 Å². The average molecular weight is 591 g/mol. The first-order chi connectivity index (χ1) is 17.8. The van der Waals surface area contributed by atoms with E-state index in [0.717, 1.165) is 5.75 Å². The van der Waals surface area contributed by atoms with Gasteiger partial charge in [0.2, 0.25) is 0 Å². The van der Waals surface area contributed by atoms with Gasteiger partial charge in [-0.15, -0.1) is 0 Å². The van der Waals surface area contributed by atoms with Gasteiger partial charge in [0.15, 0.2) is 0 Å². The van der Waals surface area contributed by atoms with Crippen molar-refractivity contribution in [1.29, 1.82) is 0 Å². The number of methoxy groups -OCH3 is 1. The van der Waals surface area contributed by atoms with Crippen molar-refractivity contribution in [2.75, 3.05) is 7.11 Å². The molecule has 0 saturated heterocycles. The van der Waals surface area contributed by atoms with E-state index in [4.69, 9.17) is 4.74 Å². The molecular formula is C35H27IO. The highest BCUT2D eigenvalue weighted by atomic mass is 127. The van der Waals surface area contributed by atoms with Gasteiger partial charge in [-0.25, -0.2) is 0 Å². The standard InChI is InChI=1S/C35H27IO/c1-35(2,3)24-17-22-13-16-27-30-23(10-9-20-7-5-6-8-26(20)30)18-28-32(21-11-14-25(37-4)15-12-21)34(36)29(19-24)31(22)33(27)28/h5-19H,1-4H3. The molecule has 37 heavy (non-hydrogen) atoms. The zero-order valence-corrected chi connectivity index (χ0v) is 23.6. The summed E-state index contributed by atoms with van der Waals surface area (Å²) in [6.07, 6.45) is 0. The molecule has 0 aliphatic carbocycles. The Kier molecular flexibility index (Phi) is 4.97. The van der Waals surface area contributed by atoms with Gasteiger partial charge < -0.3 is 4.74 Å². The van der Waals surface area contributed by atoms with Crippen LogP contribution in [0.2, 0.25) is 0 Å². The predicted octanol–water partition coefficient (Wildman–Crippen LogP) is 10.5. The fourth-order valence-corrected chi connectivity index (χ4v) is 7.01. The molecule has 0 atom stereocenters. The zero-order valence-electron chi connectivity index (χ0n) is 21.4. The molecular weight excluding hydrogens is 563 g/mol. The molecule has 0 heterocycles. The second kappa shape index (κ2) is 8.06. The Morgan fingerprint density at radius 2 is 1.30 bits per heavy atom. The zero-order chi connectivity index (χ0) is 25.5. The molecule has 7 aromatic rings. The molecule has 0 aliphatic heterocycles. The van der Waals surface area contributed by atoms with Crippen molar-refractivity contribution in [2.24, 2.45) is 0 Å². The van der Waals surface area contributed by atoms with Crippen LogP contribution in [-0.2, 0) is 5.41 Å². The van der Waals surface area contributed by atoms with Crippen molar-refractivity contribution in [3.63, 3.8) is 0 Å². The minimum atomic E-state index is 0.0662. The smallest absolute Gasteiger partial charge is 0.118 e. The Hall–Kier alpha value is -3.37. The van der Waals surface area contributed by atoms with Crippen LogP contribution in [0.5, 0.6) is 5.75 Å². The van der Waals surface area contributed by atoms with Crippen LogP contribution in [0.4, 0.5) is 0 Å². The molecule has 0 aliphatic rings. The quantitative estimate of drug-likeness (QED) is 0.111. The third-order valence-electron chi connectivity index (χ3n) is 7.89. The predicted molar refractivity (Wildman–Crippen MR) is 169 cm³/mol. The van der Waals surface area contributed by atoms with E-state index in [1.807, 2.05) is 0 Å². The van der Waals surface area contributed by atoms with E-state index in [-0.39, 0.29) is 5.41 Å². The number of fused-ring (bicyclic) bond motifs is 4. The molecule has 0 unspecified atom stereocenters. The van der Waals surface area contributed by atoms with Gasteiger partial charge in [0, 0.05) is 9.13 Å². The third-order valence-corrected chi connectivity index (χ3v) is 9.01. The number of halogens is 1. The highest BCUT2D eigenvalue weighted by Crippen LogP contribution is 2.48. The Bertz CT molecular complexity index is 1990. The summed E-state index contributed by atoms with van der Waals surface area (Å²) in [5, 5.41) is 13.3. The summed E-state index contributed by atoms with van der Waals surface area (Å²) in [5.74, 6) is 0.878. The molecule has 0 spiro atoms. The highest BCUT2D eigenvalue weighted by molar-refractivity contribution is 14.1. The van der Waals surface area contributed by atoms with Gasteiger partial charge in [0.25, 0.3) is 0 Å². The molecule has 0 bridgehead atoms. The van der Waals surface area contributed by atoms with Crippen LogP contribution in [0.1, 0.15) is 26.3 Å². The van der Waals surface area contributed by atoms with E-state index in [1.165, 1.54) is 74.1 Å². The van der Waals surface area contributed by atoms with Crippen molar-refractivity contribution in [3.05, 3.63) is 100 Å². The van der Waals surface area contributed by atoms with Crippen molar-refractivity contribution in [1.82, 2.24) is 0 Å². The van der Waals surface area contributed by atoms with Crippen LogP contribution < -0.4 is 4.74 Å². The minimum Gasteiger partial charge on any atom is -0.497 e. The van der Waals surface area contributed by atoms with Crippen molar-refractivity contribution in [3.8, 4) is 16.9 Å². The molecule has 0 saturated carbocycles. The van der Waals surface area contributed by atoms with Gasteiger partial charge in [0.05, 0.1) is 7.11 Å². The maximum Gasteiger partial charge on any atom is 0.118 e. The van der Waals surface area contributed by atoms with E-state index in [9.17, 15) is 0 Å².